The molecule has 84 valence electrons. The van der Waals surface area contributed by atoms with Crippen molar-refractivity contribution in [3.05, 3.63) is 0 Å². The van der Waals surface area contributed by atoms with Crippen LogP contribution in [0, 0.1) is 0 Å². The molecule has 0 aromatic heterocycles. The molecule has 0 atom stereocenters. The third kappa shape index (κ3) is 8.43. The summed E-state index contributed by atoms with van der Waals surface area (Å²) >= 11 is 0. The number of nitrogens with zero attached hydrogens (tertiary/aromatic N) is 2. The van der Waals surface area contributed by atoms with Crippen LogP contribution < -0.4 is 24.0 Å². The number of carbonyl (C=O) groups excluding carboxylic acids is 1. The third-order valence-electron chi connectivity index (χ3n) is 1.77. The molecule has 0 aromatic carbocycles. The van der Waals surface area contributed by atoms with E-state index < -0.39 is 0 Å². The number of hydrogen-bond donors (Lipinski definition) is 1. The minimum absolute atomic E-state index is 0. The van der Waals surface area contributed by atoms with E-state index in [4.69, 9.17) is 5.21 Å². The number of halogens is 1. The van der Waals surface area contributed by atoms with Gasteiger partial charge in [-0.25, -0.2) is 0 Å². The molecule has 0 unspecified atom stereocenters. The molecule has 0 amide bonds. The topological polar surface area (TPSA) is 49.7 Å². The molecule has 4 nitrogen and oxygen atoms in total. The Morgan fingerprint density at radius 3 is 2.14 bits per heavy atom. The zero-order valence-electron chi connectivity index (χ0n) is 9.25. The summed E-state index contributed by atoms with van der Waals surface area (Å²) in [7, 11) is 6.26. The summed E-state index contributed by atoms with van der Waals surface area (Å²) < 4.78 is 0.858. The van der Waals surface area contributed by atoms with Crippen molar-refractivity contribution >= 4 is 11.5 Å². The predicted molar refractivity (Wildman–Crippen MR) is 52.0 cm³/mol. The van der Waals surface area contributed by atoms with Gasteiger partial charge in [0.1, 0.15) is 5.71 Å². The first-order chi connectivity index (χ1) is 5.87. The Morgan fingerprint density at radius 2 is 1.86 bits per heavy atom. The number of Topliss-reactive ketones (excluding diaryl/α,β-unsaturated/α-hetero) is 1. The van der Waals surface area contributed by atoms with E-state index in [1.807, 2.05) is 0 Å². The van der Waals surface area contributed by atoms with Gasteiger partial charge in [0, 0.05) is 19.8 Å². The minimum Gasteiger partial charge on any atom is -1.00 e. The second kappa shape index (κ2) is 7.17. The first-order valence-electron chi connectivity index (χ1n) is 4.39. The van der Waals surface area contributed by atoms with Crippen LogP contribution in [-0.2, 0) is 4.79 Å². The normalized spacial score (nSPS) is 12.1. The summed E-state index contributed by atoms with van der Waals surface area (Å²) in [6.07, 6.45) is 1.42. The molecule has 0 bridgehead atoms. The predicted octanol–water partition coefficient (Wildman–Crippen LogP) is -2.10. The molecular weight excluding hydrogens is 295 g/mol. The van der Waals surface area contributed by atoms with Crippen molar-refractivity contribution in [1.29, 1.82) is 0 Å². The van der Waals surface area contributed by atoms with Crippen molar-refractivity contribution in [2.24, 2.45) is 5.16 Å². The van der Waals surface area contributed by atoms with E-state index in [1.165, 1.54) is 6.92 Å². The van der Waals surface area contributed by atoms with Crippen LogP contribution in [0.2, 0.25) is 0 Å². The number of ketones is 1. The van der Waals surface area contributed by atoms with Gasteiger partial charge in [-0.3, -0.25) is 4.79 Å². The van der Waals surface area contributed by atoms with Gasteiger partial charge in [0.25, 0.3) is 0 Å². The fourth-order valence-electron chi connectivity index (χ4n) is 1.02. The summed E-state index contributed by atoms with van der Waals surface area (Å²) in [6, 6.07) is 0. The second-order valence-electron chi connectivity index (χ2n) is 4.22. The third-order valence-corrected chi connectivity index (χ3v) is 1.77. The van der Waals surface area contributed by atoms with E-state index in [-0.39, 0.29) is 35.5 Å². The highest BCUT2D eigenvalue weighted by Crippen LogP contribution is 1.99. The maximum absolute atomic E-state index is 10.8. The molecule has 0 rings (SSSR count). The Labute approximate surface area is 103 Å². The van der Waals surface area contributed by atoms with Crippen LogP contribution in [0.5, 0.6) is 0 Å². The summed E-state index contributed by atoms with van der Waals surface area (Å²) in [6.45, 7) is 2.38. The lowest BCUT2D eigenvalue weighted by molar-refractivity contribution is -0.870. The lowest BCUT2D eigenvalue weighted by Crippen LogP contribution is -3.00. The highest BCUT2D eigenvalue weighted by Gasteiger charge is 2.10. The van der Waals surface area contributed by atoms with Gasteiger partial charge in [-0.1, -0.05) is 5.16 Å². The molecule has 14 heavy (non-hydrogen) atoms. The quantitative estimate of drug-likeness (QED) is 0.208. The van der Waals surface area contributed by atoms with Crippen molar-refractivity contribution in [1.82, 2.24) is 0 Å². The molecule has 5 heteroatoms. The van der Waals surface area contributed by atoms with E-state index >= 15 is 0 Å². The van der Waals surface area contributed by atoms with Crippen molar-refractivity contribution in [3.63, 3.8) is 0 Å². The first-order valence-corrected chi connectivity index (χ1v) is 4.39. The van der Waals surface area contributed by atoms with E-state index in [0.29, 0.717) is 6.42 Å². The molecule has 0 fully saturated rings. The first kappa shape index (κ1) is 16.3. The average Bonchev–Trinajstić information content (AvgIpc) is 1.95. The molecule has 0 saturated carbocycles. The Bertz CT molecular complexity index is 209. The zero-order valence-corrected chi connectivity index (χ0v) is 11.4. The van der Waals surface area contributed by atoms with Crippen LogP contribution in [0.4, 0.5) is 0 Å². The molecule has 0 aliphatic heterocycles. The Balaban J connectivity index is 0. The highest BCUT2D eigenvalue weighted by molar-refractivity contribution is 6.38. The fourth-order valence-corrected chi connectivity index (χ4v) is 1.02. The van der Waals surface area contributed by atoms with E-state index in [9.17, 15) is 4.79 Å². The van der Waals surface area contributed by atoms with E-state index in [2.05, 4.69) is 26.3 Å². The van der Waals surface area contributed by atoms with Gasteiger partial charge in [0.15, 0.2) is 5.78 Å². The second-order valence-corrected chi connectivity index (χ2v) is 4.22. The van der Waals surface area contributed by atoms with Crippen molar-refractivity contribution < 1.29 is 38.5 Å². The van der Waals surface area contributed by atoms with Crippen LogP contribution in [-0.4, -0.2) is 48.9 Å². The SMILES string of the molecule is CC(=O)/C(CCC[N+](C)(C)C)=N\O.[I-]. The molecule has 0 radical (unpaired) electrons. The molecule has 0 aromatic rings. The zero-order chi connectivity index (χ0) is 10.5. The van der Waals surface area contributed by atoms with Crippen LogP contribution >= 0.6 is 0 Å². The monoisotopic (exact) mass is 314 g/mol. The molecule has 0 aliphatic carbocycles. The molecule has 0 heterocycles. The van der Waals surface area contributed by atoms with Crippen molar-refractivity contribution in [2.75, 3.05) is 27.7 Å². The number of hydrogen-bond acceptors (Lipinski definition) is 3. The number of oxime groups is 1. The van der Waals surface area contributed by atoms with Gasteiger partial charge in [-0.2, -0.15) is 0 Å². The summed E-state index contributed by atoms with van der Waals surface area (Å²) in [5.74, 6) is -0.149. The maximum atomic E-state index is 10.8. The fraction of sp³-hybridized carbons (Fsp3) is 0.778. The van der Waals surface area contributed by atoms with Crippen LogP contribution in [0.15, 0.2) is 5.16 Å². The minimum atomic E-state index is -0.149. The molecular formula is C9H19IN2O2. The number of quaternary nitrogens is 1. The van der Waals surface area contributed by atoms with Gasteiger partial charge in [-0.05, 0) is 0 Å². The lowest BCUT2D eigenvalue weighted by Gasteiger charge is -2.23. The lowest BCUT2D eigenvalue weighted by atomic mass is 10.1. The summed E-state index contributed by atoms with van der Waals surface area (Å²) in [5.41, 5.74) is 0.272. The Hall–Kier alpha value is -0.170. The van der Waals surface area contributed by atoms with Gasteiger partial charge >= 0.3 is 0 Å². The van der Waals surface area contributed by atoms with Crippen LogP contribution in [0.3, 0.4) is 0 Å². The van der Waals surface area contributed by atoms with Crippen molar-refractivity contribution in [2.45, 2.75) is 19.8 Å². The van der Waals surface area contributed by atoms with Crippen LogP contribution in [0.1, 0.15) is 19.8 Å². The van der Waals surface area contributed by atoms with Gasteiger partial charge in [0.2, 0.25) is 0 Å². The number of carbonyl (C=O) groups is 1. The molecule has 1 N–H and O–H groups in total. The van der Waals surface area contributed by atoms with Gasteiger partial charge in [0.05, 0.1) is 27.7 Å². The van der Waals surface area contributed by atoms with E-state index in [1.54, 1.807) is 0 Å². The Kier molecular flexibility index (Phi) is 8.33. The largest absolute Gasteiger partial charge is 1.00 e. The summed E-state index contributed by atoms with van der Waals surface area (Å²) in [5, 5.41) is 11.5. The maximum Gasteiger partial charge on any atom is 0.177 e. The molecule has 0 spiro atoms. The van der Waals surface area contributed by atoms with E-state index in [0.717, 1.165) is 17.4 Å². The summed E-state index contributed by atoms with van der Waals surface area (Å²) in [4.78, 5) is 10.8. The smallest absolute Gasteiger partial charge is 0.177 e. The average molecular weight is 314 g/mol. The van der Waals surface area contributed by atoms with Crippen molar-refractivity contribution in [3.8, 4) is 0 Å². The Morgan fingerprint density at radius 1 is 1.36 bits per heavy atom. The van der Waals surface area contributed by atoms with Gasteiger partial charge in [-0.15, -0.1) is 0 Å². The molecule has 0 aliphatic rings. The number of rotatable bonds is 5. The standard InChI is InChI=1S/C9H18N2O2.HI/c1-8(12)9(10-13)6-5-7-11(2,3)4;/h5-7H2,1-4H3;1H. The highest BCUT2D eigenvalue weighted by atomic mass is 127. The molecule has 0 saturated heterocycles. The van der Waals surface area contributed by atoms with Gasteiger partial charge < -0.3 is 33.7 Å². The van der Waals surface area contributed by atoms with Crippen LogP contribution in [0.25, 0.3) is 0 Å².